The van der Waals surface area contributed by atoms with Crippen molar-refractivity contribution >= 4 is 29.1 Å². The summed E-state index contributed by atoms with van der Waals surface area (Å²) in [5.74, 6) is 0.682. The molecule has 0 N–H and O–H groups in total. The van der Waals surface area contributed by atoms with Crippen LogP contribution >= 0.6 is 23.2 Å². The van der Waals surface area contributed by atoms with Crippen LogP contribution in [0.2, 0.25) is 10.0 Å². The molecule has 1 aromatic heterocycles. The molecule has 0 unspecified atom stereocenters. The Morgan fingerprint density at radius 2 is 1.62 bits per heavy atom. The minimum absolute atomic E-state index is 0.0869. The molecule has 3 aromatic carbocycles. The summed E-state index contributed by atoms with van der Waals surface area (Å²) in [6, 6.07) is 24.5. The summed E-state index contributed by atoms with van der Waals surface area (Å²) < 4.78 is 7.20. The number of amides is 1. The highest BCUT2D eigenvalue weighted by atomic mass is 35.5. The van der Waals surface area contributed by atoms with E-state index in [1.807, 2.05) is 83.7 Å². The lowest BCUT2D eigenvalue weighted by atomic mass is 10.1. The molecule has 4 aromatic rings. The van der Waals surface area contributed by atoms with Gasteiger partial charge in [-0.1, -0.05) is 53.5 Å². The molecule has 0 aliphatic rings. The van der Waals surface area contributed by atoms with Gasteiger partial charge in [0.15, 0.2) is 0 Å². The number of hydrogen-bond acceptors (Lipinski definition) is 2. The molecule has 0 fully saturated rings. The van der Waals surface area contributed by atoms with Gasteiger partial charge in [0.1, 0.15) is 5.75 Å². The van der Waals surface area contributed by atoms with Gasteiger partial charge in [0.2, 0.25) is 0 Å². The smallest absolute Gasteiger partial charge is 0.256 e. The van der Waals surface area contributed by atoms with Gasteiger partial charge < -0.3 is 14.2 Å². The first-order valence-electron chi connectivity index (χ1n) is 10.1. The number of methoxy groups -OCH3 is 1. The van der Waals surface area contributed by atoms with Crippen LogP contribution in [0, 0.1) is 0 Å². The van der Waals surface area contributed by atoms with E-state index in [4.69, 9.17) is 27.9 Å². The zero-order chi connectivity index (χ0) is 22.5. The van der Waals surface area contributed by atoms with Gasteiger partial charge in [-0.3, -0.25) is 4.79 Å². The molecule has 0 aliphatic heterocycles. The number of para-hydroxylation sites is 1. The highest BCUT2D eigenvalue weighted by molar-refractivity contribution is 6.35. The number of rotatable bonds is 7. The van der Waals surface area contributed by atoms with Crippen molar-refractivity contribution in [2.45, 2.75) is 13.1 Å². The van der Waals surface area contributed by atoms with Gasteiger partial charge in [-0.15, -0.1) is 0 Å². The predicted octanol–water partition coefficient (Wildman–Crippen LogP) is 6.64. The van der Waals surface area contributed by atoms with Crippen LogP contribution < -0.4 is 4.74 Å². The fraction of sp³-hybridized carbons (Fsp3) is 0.115. The summed E-state index contributed by atoms with van der Waals surface area (Å²) in [5.41, 5.74) is 3.26. The zero-order valence-corrected chi connectivity index (χ0v) is 19.1. The Labute approximate surface area is 197 Å². The van der Waals surface area contributed by atoms with Crippen molar-refractivity contribution in [1.82, 2.24) is 9.47 Å². The van der Waals surface area contributed by atoms with Crippen LogP contribution in [-0.2, 0) is 13.1 Å². The lowest BCUT2D eigenvalue weighted by molar-refractivity contribution is 0.0730. The molecule has 0 spiro atoms. The average Bonchev–Trinajstić information content (AvgIpc) is 3.35. The molecule has 0 bridgehead atoms. The topological polar surface area (TPSA) is 34.5 Å². The van der Waals surface area contributed by atoms with Crippen LogP contribution in [0.15, 0.2) is 91.3 Å². The normalized spacial score (nSPS) is 10.7. The van der Waals surface area contributed by atoms with Gasteiger partial charge in [0.25, 0.3) is 5.91 Å². The first-order valence-corrected chi connectivity index (χ1v) is 10.9. The summed E-state index contributed by atoms with van der Waals surface area (Å²) in [6.45, 7) is 0.767. The third-order valence-electron chi connectivity index (χ3n) is 5.21. The number of hydrogen-bond donors (Lipinski definition) is 0. The second-order valence-corrected chi connectivity index (χ2v) is 8.20. The molecule has 0 saturated carbocycles. The van der Waals surface area contributed by atoms with Crippen molar-refractivity contribution in [3.63, 3.8) is 0 Å². The SMILES string of the molecule is COc1ccc(CN(Cc2ccc(Cl)cc2Cl)C(=O)c2ccccc2-n2cccc2)cc1. The van der Waals surface area contributed by atoms with E-state index in [9.17, 15) is 4.79 Å². The zero-order valence-electron chi connectivity index (χ0n) is 17.5. The molecule has 32 heavy (non-hydrogen) atoms. The van der Waals surface area contributed by atoms with E-state index < -0.39 is 0 Å². The maximum absolute atomic E-state index is 13.8. The van der Waals surface area contributed by atoms with Crippen LogP contribution in [0.25, 0.3) is 5.69 Å². The Hall–Kier alpha value is -3.21. The quantitative estimate of drug-likeness (QED) is 0.307. The van der Waals surface area contributed by atoms with E-state index in [-0.39, 0.29) is 5.91 Å². The van der Waals surface area contributed by atoms with Gasteiger partial charge in [-0.05, 0) is 59.7 Å². The minimum Gasteiger partial charge on any atom is -0.497 e. The van der Waals surface area contributed by atoms with Crippen LogP contribution in [0.3, 0.4) is 0 Å². The summed E-state index contributed by atoms with van der Waals surface area (Å²) in [7, 11) is 1.63. The predicted molar refractivity (Wildman–Crippen MR) is 129 cm³/mol. The van der Waals surface area contributed by atoms with E-state index in [0.29, 0.717) is 28.7 Å². The molecule has 0 radical (unpaired) electrons. The molecule has 0 saturated heterocycles. The second kappa shape index (κ2) is 9.94. The number of aromatic nitrogens is 1. The molecule has 1 heterocycles. The van der Waals surface area contributed by atoms with Gasteiger partial charge >= 0.3 is 0 Å². The van der Waals surface area contributed by atoms with Crippen molar-refractivity contribution in [1.29, 1.82) is 0 Å². The Morgan fingerprint density at radius 1 is 0.906 bits per heavy atom. The van der Waals surface area contributed by atoms with E-state index in [2.05, 4.69) is 0 Å². The molecule has 1 amide bonds. The van der Waals surface area contributed by atoms with Crippen LogP contribution in [0.5, 0.6) is 5.75 Å². The van der Waals surface area contributed by atoms with Gasteiger partial charge in [0.05, 0.1) is 18.4 Å². The fourth-order valence-corrected chi connectivity index (χ4v) is 4.02. The number of nitrogens with zero attached hydrogens (tertiary/aromatic N) is 2. The van der Waals surface area contributed by atoms with Gasteiger partial charge in [-0.2, -0.15) is 0 Å². The van der Waals surface area contributed by atoms with E-state index in [0.717, 1.165) is 22.6 Å². The van der Waals surface area contributed by atoms with Crippen molar-refractivity contribution < 1.29 is 9.53 Å². The summed E-state index contributed by atoms with van der Waals surface area (Å²) in [4.78, 5) is 15.6. The van der Waals surface area contributed by atoms with E-state index in [1.54, 1.807) is 24.1 Å². The van der Waals surface area contributed by atoms with Crippen molar-refractivity contribution in [3.05, 3.63) is 118 Å². The number of carbonyl (C=O) groups is 1. The third-order valence-corrected chi connectivity index (χ3v) is 5.80. The molecular formula is C26H22Cl2N2O2. The first-order chi connectivity index (χ1) is 15.5. The average molecular weight is 465 g/mol. The summed E-state index contributed by atoms with van der Waals surface area (Å²) in [5, 5.41) is 1.09. The molecule has 6 heteroatoms. The molecular weight excluding hydrogens is 443 g/mol. The van der Waals surface area contributed by atoms with Crippen LogP contribution in [0.1, 0.15) is 21.5 Å². The highest BCUT2D eigenvalue weighted by Gasteiger charge is 2.21. The van der Waals surface area contributed by atoms with Crippen molar-refractivity contribution in [3.8, 4) is 11.4 Å². The first kappa shape index (κ1) is 22.0. The van der Waals surface area contributed by atoms with Crippen molar-refractivity contribution in [2.24, 2.45) is 0 Å². The molecule has 0 atom stereocenters. The lowest BCUT2D eigenvalue weighted by Gasteiger charge is -2.25. The van der Waals surface area contributed by atoms with Crippen LogP contribution in [-0.4, -0.2) is 22.5 Å². The van der Waals surface area contributed by atoms with E-state index >= 15 is 0 Å². The lowest BCUT2D eigenvalue weighted by Crippen LogP contribution is -2.31. The number of ether oxygens (including phenoxy) is 1. The monoisotopic (exact) mass is 464 g/mol. The molecule has 162 valence electrons. The molecule has 0 aliphatic carbocycles. The summed E-state index contributed by atoms with van der Waals surface area (Å²) >= 11 is 12.5. The Kier molecular flexibility index (Phi) is 6.84. The largest absolute Gasteiger partial charge is 0.497 e. The number of carbonyl (C=O) groups excluding carboxylic acids is 1. The second-order valence-electron chi connectivity index (χ2n) is 7.35. The minimum atomic E-state index is -0.0869. The maximum atomic E-state index is 13.8. The number of halogens is 2. The van der Waals surface area contributed by atoms with Crippen molar-refractivity contribution in [2.75, 3.05) is 7.11 Å². The van der Waals surface area contributed by atoms with E-state index in [1.165, 1.54) is 0 Å². The molecule has 4 nitrogen and oxygen atoms in total. The van der Waals surface area contributed by atoms with Gasteiger partial charge in [0, 0.05) is 35.5 Å². The molecule has 4 rings (SSSR count). The third kappa shape index (κ3) is 4.98. The standard InChI is InChI=1S/C26H22Cl2N2O2/c1-32-22-12-8-19(9-13-22)17-30(18-20-10-11-21(27)16-24(20)28)26(31)23-6-2-3-7-25(23)29-14-4-5-15-29/h2-16H,17-18H2,1H3. The fourth-order valence-electron chi connectivity index (χ4n) is 3.55. The van der Waals surface area contributed by atoms with Crippen LogP contribution in [0.4, 0.5) is 0 Å². The number of benzene rings is 3. The summed E-state index contributed by atoms with van der Waals surface area (Å²) in [6.07, 6.45) is 3.85. The highest BCUT2D eigenvalue weighted by Crippen LogP contribution is 2.25. The Bertz CT molecular complexity index is 1200. The Balaban J connectivity index is 1.70. The maximum Gasteiger partial charge on any atom is 0.256 e. The van der Waals surface area contributed by atoms with Gasteiger partial charge in [-0.25, -0.2) is 0 Å². The Morgan fingerprint density at radius 3 is 2.31 bits per heavy atom.